The van der Waals surface area contributed by atoms with Gasteiger partial charge in [-0.2, -0.15) is 5.10 Å². The molecular weight excluding hydrogens is 583 g/mol. The molecule has 7 rings (SSSR count). The zero-order valence-corrected chi connectivity index (χ0v) is 28.6. The van der Waals surface area contributed by atoms with Gasteiger partial charge < -0.3 is 4.90 Å². The largest absolute Gasteiger partial charge is 0.311 e. The molecule has 3 nitrogen and oxygen atoms in total. The third kappa shape index (κ3) is 6.08. The molecule has 0 N–H and O–H groups in total. The van der Waals surface area contributed by atoms with Crippen molar-refractivity contribution in [3.63, 3.8) is 0 Å². The summed E-state index contributed by atoms with van der Waals surface area (Å²) in [6.07, 6.45) is 1.99. The quantitative estimate of drug-likeness (QED) is 0.162. The maximum atomic E-state index is 5.27. The van der Waals surface area contributed by atoms with E-state index in [9.17, 15) is 0 Å². The number of anilines is 3. The van der Waals surface area contributed by atoms with Gasteiger partial charge in [0, 0.05) is 39.0 Å². The van der Waals surface area contributed by atoms with Crippen LogP contribution in [0.4, 0.5) is 17.1 Å². The number of aryl methyl sites for hydroxylation is 6. The first-order valence-corrected chi connectivity index (χ1v) is 16.6. The Morgan fingerprint density at radius 2 is 0.875 bits per heavy atom. The van der Waals surface area contributed by atoms with E-state index in [1.165, 1.54) is 44.2 Å². The molecule has 0 aliphatic heterocycles. The van der Waals surface area contributed by atoms with E-state index in [-0.39, 0.29) is 0 Å². The van der Waals surface area contributed by atoms with Crippen molar-refractivity contribution in [2.45, 2.75) is 41.5 Å². The van der Waals surface area contributed by atoms with E-state index in [4.69, 9.17) is 5.10 Å². The molecule has 0 saturated carbocycles. The van der Waals surface area contributed by atoms with Crippen molar-refractivity contribution in [3.05, 3.63) is 172 Å². The summed E-state index contributed by atoms with van der Waals surface area (Å²) in [7, 11) is 0. The van der Waals surface area contributed by atoms with Crippen LogP contribution in [0.1, 0.15) is 38.9 Å². The van der Waals surface area contributed by atoms with Crippen LogP contribution in [0.5, 0.6) is 0 Å². The summed E-state index contributed by atoms with van der Waals surface area (Å²) >= 11 is 0. The van der Waals surface area contributed by atoms with E-state index in [1.54, 1.807) is 0 Å². The summed E-state index contributed by atoms with van der Waals surface area (Å²) in [5, 5.41) is 7.69. The summed E-state index contributed by atoms with van der Waals surface area (Å²) in [5.41, 5.74) is 16.4. The Balaban J connectivity index is 1.37. The second kappa shape index (κ2) is 12.8. The second-order valence-electron chi connectivity index (χ2n) is 13.1. The van der Waals surface area contributed by atoms with Crippen LogP contribution in [-0.4, -0.2) is 10.9 Å². The molecule has 0 aliphatic rings. The van der Waals surface area contributed by atoms with E-state index >= 15 is 0 Å². The molecule has 0 fully saturated rings. The number of hydrogen-bond acceptors (Lipinski definition) is 2. The van der Waals surface area contributed by atoms with Gasteiger partial charge in [-0.25, -0.2) is 4.68 Å². The first kappa shape index (κ1) is 31.0. The van der Waals surface area contributed by atoms with Crippen LogP contribution >= 0.6 is 0 Å². The van der Waals surface area contributed by atoms with E-state index in [2.05, 4.69) is 185 Å². The highest BCUT2D eigenvalue weighted by molar-refractivity contribution is 6.06. The summed E-state index contributed by atoms with van der Waals surface area (Å²) in [5.74, 6) is 0. The molecule has 236 valence electrons. The molecule has 6 aromatic carbocycles. The van der Waals surface area contributed by atoms with Gasteiger partial charge in [0.15, 0.2) is 0 Å². The van der Waals surface area contributed by atoms with Gasteiger partial charge in [0.05, 0.1) is 17.6 Å². The van der Waals surface area contributed by atoms with Crippen LogP contribution in [0, 0.1) is 41.5 Å². The minimum absolute atomic E-state index is 1.03. The van der Waals surface area contributed by atoms with Crippen LogP contribution in [0.15, 0.2) is 139 Å². The highest BCUT2D eigenvalue weighted by Gasteiger charge is 2.21. The van der Waals surface area contributed by atoms with Gasteiger partial charge in [-0.3, -0.25) is 0 Å². The van der Waals surface area contributed by atoms with Crippen LogP contribution < -0.4 is 4.90 Å². The van der Waals surface area contributed by atoms with Gasteiger partial charge in [0.2, 0.25) is 0 Å². The van der Waals surface area contributed by atoms with Gasteiger partial charge in [-0.05, 0) is 119 Å². The molecule has 0 saturated heterocycles. The molecule has 0 amide bonds. The lowest BCUT2D eigenvalue weighted by Crippen LogP contribution is -2.10. The number of nitrogens with zero attached hydrogens (tertiary/aromatic N) is 3. The molecule has 0 spiro atoms. The standard InChI is InChI=1S/C45H41N3/c1-30-13-19-39(20-14-30)47(40-21-15-31(2)16-22-40)41-23-17-36(18-24-41)29-46-48-44(37-11-7-9-32(3)25-37)42-27-34(5)35(6)28-43(42)45(48)38-12-8-10-33(4)26-38/h7-29H,1-6H3. The minimum Gasteiger partial charge on any atom is -0.311 e. The van der Waals surface area contributed by atoms with Gasteiger partial charge >= 0.3 is 0 Å². The minimum atomic E-state index is 1.03. The summed E-state index contributed by atoms with van der Waals surface area (Å²) < 4.78 is 2.16. The molecule has 1 aromatic heterocycles. The van der Waals surface area contributed by atoms with Crippen molar-refractivity contribution in [2.24, 2.45) is 5.10 Å². The van der Waals surface area contributed by atoms with Crippen molar-refractivity contribution in [1.82, 2.24) is 4.68 Å². The predicted molar refractivity (Wildman–Crippen MR) is 205 cm³/mol. The van der Waals surface area contributed by atoms with E-state index in [0.717, 1.165) is 45.1 Å². The fourth-order valence-corrected chi connectivity index (χ4v) is 6.47. The highest BCUT2D eigenvalue weighted by atomic mass is 15.4. The average molecular weight is 624 g/mol. The molecule has 3 heteroatoms. The molecule has 0 atom stereocenters. The molecule has 0 radical (unpaired) electrons. The highest BCUT2D eigenvalue weighted by Crippen LogP contribution is 2.41. The van der Waals surface area contributed by atoms with Gasteiger partial charge in [-0.15, -0.1) is 0 Å². The number of rotatable bonds is 7. The Bertz CT molecular complexity index is 2130. The topological polar surface area (TPSA) is 20.5 Å². The Morgan fingerprint density at radius 3 is 1.29 bits per heavy atom. The molecule has 1 heterocycles. The van der Waals surface area contributed by atoms with Crippen LogP contribution in [0.2, 0.25) is 0 Å². The van der Waals surface area contributed by atoms with Crippen LogP contribution in [0.3, 0.4) is 0 Å². The van der Waals surface area contributed by atoms with Gasteiger partial charge in [-0.1, -0.05) is 95.1 Å². The molecule has 7 aromatic rings. The van der Waals surface area contributed by atoms with E-state index in [0.29, 0.717) is 0 Å². The SMILES string of the molecule is Cc1ccc(N(c2ccc(C)cc2)c2ccc(C=Nn3c(-c4cccc(C)c4)c4cc(C)c(C)cc4c3-c3cccc(C)c3)cc2)cc1. The monoisotopic (exact) mass is 623 g/mol. The maximum Gasteiger partial charge on any atom is 0.0804 e. The van der Waals surface area contributed by atoms with Gasteiger partial charge in [0.25, 0.3) is 0 Å². The Morgan fingerprint density at radius 1 is 0.458 bits per heavy atom. The molecule has 0 aliphatic carbocycles. The van der Waals surface area contributed by atoms with Crippen LogP contribution in [-0.2, 0) is 0 Å². The fourth-order valence-electron chi connectivity index (χ4n) is 6.47. The lowest BCUT2D eigenvalue weighted by Gasteiger charge is -2.25. The van der Waals surface area contributed by atoms with Crippen molar-refractivity contribution in [3.8, 4) is 22.5 Å². The summed E-state index contributed by atoms with van der Waals surface area (Å²) in [6.45, 7) is 12.9. The second-order valence-corrected chi connectivity index (χ2v) is 13.1. The number of fused-ring (bicyclic) bond motifs is 1. The van der Waals surface area contributed by atoms with Crippen molar-refractivity contribution >= 4 is 34.0 Å². The molecular formula is C45H41N3. The summed E-state index contributed by atoms with van der Waals surface area (Å²) in [4.78, 5) is 2.30. The Hall–Kier alpha value is -5.67. The van der Waals surface area contributed by atoms with Crippen molar-refractivity contribution in [2.75, 3.05) is 4.90 Å². The molecule has 0 unspecified atom stereocenters. The zero-order chi connectivity index (χ0) is 33.4. The molecule has 48 heavy (non-hydrogen) atoms. The number of aromatic nitrogens is 1. The third-order valence-corrected chi connectivity index (χ3v) is 9.21. The number of hydrogen-bond donors (Lipinski definition) is 0. The van der Waals surface area contributed by atoms with E-state index < -0.39 is 0 Å². The Kier molecular flexibility index (Phi) is 8.29. The average Bonchev–Trinajstić information content (AvgIpc) is 3.39. The smallest absolute Gasteiger partial charge is 0.0804 e. The normalized spacial score (nSPS) is 11.5. The summed E-state index contributed by atoms with van der Waals surface area (Å²) in [6, 6.07) is 48.2. The fraction of sp³-hybridized carbons (Fsp3) is 0.133. The van der Waals surface area contributed by atoms with Crippen molar-refractivity contribution in [1.29, 1.82) is 0 Å². The predicted octanol–water partition coefficient (Wildman–Crippen LogP) is 12.2. The van der Waals surface area contributed by atoms with Crippen LogP contribution in [0.25, 0.3) is 33.3 Å². The van der Waals surface area contributed by atoms with Crippen molar-refractivity contribution < 1.29 is 0 Å². The van der Waals surface area contributed by atoms with E-state index in [1.807, 2.05) is 6.21 Å². The lowest BCUT2D eigenvalue weighted by atomic mass is 9.98. The number of benzene rings is 6. The van der Waals surface area contributed by atoms with Gasteiger partial charge in [0.1, 0.15) is 0 Å². The zero-order valence-electron chi connectivity index (χ0n) is 28.6. The lowest BCUT2D eigenvalue weighted by molar-refractivity contribution is 0.916. The first-order chi connectivity index (χ1) is 23.2. The first-order valence-electron chi connectivity index (χ1n) is 16.6. The third-order valence-electron chi connectivity index (χ3n) is 9.21. The maximum absolute atomic E-state index is 5.27. The Labute approximate surface area is 284 Å². The molecule has 0 bridgehead atoms.